The van der Waals surface area contributed by atoms with Crippen molar-refractivity contribution in [2.45, 2.75) is 63.8 Å². The third-order valence-corrected chi connectivity index (χ3v) is 4.74. The highest BCUT2D eigenvalue weighted by Crippen LogP contribution is 2.00. The van der Waals surface area contributed by atoms with Gasteiger partial charge in [-0.15, -0.1) is 0 Å². The van der Waals surface area contributed by atoms with Crippen molar-refractivity contribution >= 4 is 48.2 Å². The molecule has 0 aromatic rings. The van der Waals surface area contributed by atoms with Gasteiger partial charge in [0.25, 0.3) is 0 Å². The zero-order valence-corrected chi connectivity index (χ0v) is 19.7. The number of carboxylic acid groups (broad SMARTS) is 1. The van der Waals surface area contributed by atoms with Crippen LogP contribution in [0, 0.1) is 0 Å². The molecular formula is C18H34N8O6S. The molecule has 14 nitrogen and oxygen atoms in total. The molecule has 4 amide bonds. The van der Waals surface area contributed by atoms with Crippen molar-refractivity contribution < 1.29 is 29.1 Å². The van der Waals surface area contributed by atoms with Gasteiger partial charge in [0.2, 0.25) is 23.6 Å². The molecular weight excluding hydrogens is 456 g/mol. The number of aliphatic imine (C=N–C) groups is 1. The maximum Gasteiger partial charge on any atom is 0.326 e. The summed E-state index contributed by atoms with van der Waals surface area (Å²) in [6.07, 6.45) is 0.387. The minimum Gasteiger partial charge on any atom is -0.480 e. The molecule has 0 aromatic carbocycles. The lowest BCUT2D eigenvalue weighted by Gasteiger charge is -2.22. The number of carbonyl (C=O) groups is 5. The molecule has 0 aromatic heterocycles. The molecule has 0 aliphatic heterocycles. The van der Waals surface area contributed by atoms with Crippen LogP contribution in [0.5, 0.6) is 0 Å². The second-order valence-corrected chi connectivity index (χ2v) is 7.69. The van der Waals surface area contributed by atoms with Gasteiger partial charge in [0.1, 0.15) is 24.2 Å². The minimum atomic E-state index is -1.25. The Kier molecular flexibility index (Phi) is 13.5. The van der Waals surface area contributed by atoms with Gasteiger partial charge < -0.3 is 43.6 Å². The number of aliphatic carboxylic acids is 1. The van der Waals surface area contributed by atoms with Crippen LogP contribution in [-0.4, -0.2) is 83.2 Å². The van der Waals surface area contributed by atoms with Crippen LogP contribution >= 0.6 is 12.6 Å². The van der Waals surface area contributed by atoms with Crippen LogP contribution in [0.4, 0.5) is 0 Å². The molecule has 0 bridgehead atoms. The minimum absolute atomic E-state index is 0.0749. The molecule has 0 saturated heterocycles. The highest BCUT2D eigenvalue weighted by Gasteiger charge is 2.26. The molecule has 11 N–H and O–H groups in total. The summed E-state index contributed by atoms with van der Waals surface area (Å²) < 4.78 is 0. The van der Waals surface area contributed by atoms with Gasteiger partial charge in [-0.1, -0.05) is 0 Å². The van der Waals surface area contributed by atoms with E-state index in [0.717, 1.165) is 0 Å². The van der Waals surface area contributed by atoms with Crippen molar-refractivity contribution in [1.29, 1.82) is 0 Å². The van der Waals surface area contributed by atoms with Gasteiger partial charge >= 0.3 is 5.97 Å². The van der Waals surface area contributed by atoms with E-state index in [4.69, 9.17) is 17.2 Å². The monoisotopic (exact) mass is 490 g/mol. The van der Waals surface area contributed by atoms with Gasteiger partial charge in [-0.25, -0.2) is 4.79 Å². The number of hydrogen-bond acceptors (Lipinski definition) is 8. The lowest BCUT2D eigenvalue weighted by molar-refractivity contribution is -0.142. The van der Waals surface area contributed by atoms with Crippen molar-refractivity contribution in [3.8, 4) is 0 Å². The number of nitrogens with zero attached hydrogens (tertiary/aromatic N) is 1. The molecule has 5 unspecified atom stereocenters. The lowest BCUT2D eigenvalue weighted by Crippen LogP contribution is -2.56. The van der Waals surface area contributed by atoms with Crippen LogP contribution in [-0.2, 0) is 24.0 Å². The van der Waals surface area contributed by atoms with Crippen LogP contribution in [0.25, 0.3) is 0 Å². The van der Waals surface area contributed by atoms with E-state index in [-0.39, 0.29) is 24.7 Å². The summed E-state index contributed by atoms with van der Waals surface area (Å²) in [5.74, 6) is -3.89. The van der Waals surface area contributed by atoms with Gasteiger partial charge in [-0.2, -0.15) is 12.6 Å². The first-order valence-corrected chi connectivity index (χ1v) is 10.8. The smallest absolute Gasteiger partial charge is 0.326 e. The van der Waals surface area contributed by atoms with Crippen molar-refractivity contribution in [1.82, 2.24) is 21.3 Å². The predicted octanol–water partition coefficient (Wildman–Crippen LogP) is -3.62. The van der Waals surface area contributed by atoms with Crippen LogP contribution < -0.4 is 38.5 Å². The summed E-state index contributed by atoms with van der Waals surface area (Å²) in [6.45, 7) is 4.36. The Hall–Kier alpha value is -3.07. The van der Waals surface area contributed by atoms with E-state index < -0.39 is 59.8 Å². The molecule has 0 radical (unpaired) electrons. The van der Waals surface area contributed by atoms with Crippen LogP contribution in [0.3, 0.4) is 0 Å². The number of guanidine groups is 1. The Morgan fingerprint density at radius 3 is 1.67 bits per heavy atom. The Bertz CT molecular complexity index is 745. The maximum absolute atomic E-state index is 12.3. The van der Waals surface area contributed by atoms with E-state index in [0.29, 0.717) is 6.42 Å². The standard InChI is InChI=1S/C18H34N8O6S/c1-8(23-14(28)9(2)25-16(30)11(19)7-33)13(27)24-10(3)15(29)26-12(17(31)32)5-4-6-22-18(20)21/h8-12,33H,4-7,19H2,1-3H3,(H,23,28)(H,24,27)(H,25,30)(H,26,29)(H,31,32)(H4,20,21,22). The van der Waals surface area contributed by atoms with E-state index in [2.05, 4.69) is 38.9 Å². The van der Waals surface area contributed by atoms with Gasteiger partial charge in [-0.05, 0) is 33.6 Å². The van der Waals surface area contributed by atoms with Crippen molar-refractivity contribution in [2.24, 2.45) is 22.2 Å². The fourth-order valence-corrected chi connectivity index (χ4v) is 2.50. The second-order valence-electron chi connectivity index (χ2n) is 7.33. The molecule has 0 fully saturated rings. The normalized spacial score (nSPS) is 15.1. The second kappa shape index (κ2) is 14.9. The number of thiol groups is 1. The topological polar surface area (TPSA) is 244 Å². The summed E-state index contributed by atoms with van der Waals surface area (Å²) in [6, 6.07) is -5.17. The first-order chi connectivity index (χ1) is 15.3. The number of nitrogens with two attached hydrogens (primary N) is 3. The lowest BCUT2D eigenvalue weighted by atomic mass is 10.1. The third kappa shape index (κ3) is 11.9. The molecule has 0 rings (SSSR count). The Morgan fingerprint density at radius 2 is 1.27 bits per heavy atom. The van der Waals surface area contributed by atoms with E-state index in [9.17, 15) is 29.1 Å². The van der Waals surface area contributed by atoms with Crippen LogP contribution in [0.1, 0.15) is 33.6 Å². The number of carboxylic acids is 1. The number of hydrogen-bond donors (Lipinski definition) is 9. The van der Waals surface area contributed by atoms with E-state index in [1.807, 2.05) is 0 Å². The Morgan fingerprint density at radius 1 is 0.848 bits per heavy atom. The van der Waals surface area contributed by atoms with E-state index >= 15 is 0 Å². The van der Waals surface area contributed by atoms with Gasteiger partial charge in [0.05, 0.1) is 6.04 Å². The molecule has 33 heavy (non-hydrogen) atoms. The van der Waals surface area contributed by atoms with Crippen molar-refractivity contribution in [3.05, 3.63) is 0 Å². The molecule has 0 saturated carbocycles. The maximum atomic E-state index is 12.3. The summed E-state index contributed by atoms with van der Waals surface area (Å²) >= 11 is 3.90. The third-order valence-electron chi connectivity index (χ3n) is 4.35. The van der Waals surface area contributed by atoms with E-state index in [1.165, 1.54) is 20.8 Å². The first kappa shape index (κ1) is 29.9. The molecule has 5 atom stereocenters. The largest absolute Gasteiger partial charge is 0.480 e. The van der Waals surface area contributed by atoms with Crippen LogP contribution in [0.15, 0.2) is 4.99 Å². The molecule has 0 heterocycles. The number of rotatable bonds is 14. The van der Waals surface area contributed by atoms with Crippen LogP contribution in [0.2, 0.25) is 0 Å². The van der Waals surface area contributed by atoms with Crippen molar-refractivity contribution in [2.75, 3.05) is 12.3 Å². The first-order valence-electron chi connectivity index (χ1n) is 10.2. The zero-order valence-electron chi connectivity index (χ0n) is 18.8. The number of nitrogens with one attached hydrogen (secondary N) is 4. The Labute approximate surface area is 197 Å². The van der Waals surface area contributed by atoms with E-state index in [1.54, 1.807) is 0 Å². The quantitative estimate of drug-likeness (QED) is 0.0504. The zero-order chi connectivity index (χ0) is 25.7. The SMILES string of the molecule is CC(NC(=O)C(N)CS)C(=O)NC(C)C(=O)NC(C)C(=O)NC(CCCN=C(N)N)C(=O)O. The molecule has 0 spiro atoms. The highest BCUT2D eigenvalue weighted by atomic mass is 32.1. The summed E-state index contributed by atoms with van der Waals surface area (Å²) in [4.78, 5) is 63.6. The highest BCUT2D eigenvalue weighted by molar-refractivity contribution is 7.80. The average Bonchev–Trinajstić information content (AvgIpc) is 2.74. The molecule has 188 valence electrons. The fourth-order valence-electron chi connectivity index (χ4n) is 2.33. The predicted molar refractivity (Wildman–Crippen MR) is 124 cm³/mol. The van der Waals surface area contributed by atoms with Gasteiger partial charge in [-0.3, -0.25) is 24.2 Å². The summed E-state index contributed by atoms with van der Waals surface area (Å²) in [5.41, 5.74) is 15.9. The summed E-state index contributed by atoms with van der Waals surface area (Å²) in [7, 11) is 0. The molecule has 0 aliphatic rings. The number of carbonyl (C=O) groups excluding carboxylic acids is 4. The van der Waals surface area contributed by atoms with Gasteiger partial charge in [0, 0.05) is 12.3 Å². The van der Waals surface area contributed by atoms with Crippen molar-refractivity contribution in [3.63, 3.8) is 0 Å². The number of amides is 4. The molecule has 15 heteroatoms. The Balaban J connectivity index is 4.69. The fraction of sp³-hybridized carbons (Fsp3) is 0.667. The molecule has 0 aliphatic carbocycles. The van der Waals surface area contributed by atoms with Gasteiger partial charge in [0.15, 0.2) is 5.96 Å². The summed E-state index contributed by atoms with van der Waals surface area (Å²) in [5, 5.41) is 18.8. The average molecular weight is 491 g/mol.